The molecule has 4 saturated carbocycles. The van der Waals surface area contributed by atoms with Gasteiger partial charge in [0.2, 0.25) is 0 Å². The number of carboxylic acid groups (broad SMARTS) is 1. The van der Waals surface area contributed by atoms with E-state index < -0.39 is 17.7 Å². The van der Waals surface area contributed by atoms with Gasteiger partial charge in [-0.1, -0.05) is 83.8 Å². The second-order valence-corrected chi connectivity index (χ2v) is 20.2. The minimum Gasteiger partial charge on any atom is -0.481 e. The van der Waals surface area contributed by atoms with E-state index in [1.54, 1.807) is 19.4 Å². The van der Waals surface area contributed by atoms with E-state index in [4.69, 9.17) is 16.3 Å². The fraction of sp³-hybridized carbons (Fsp3) is 0.773. The van der Waals surface area contributed by atoms with Gasteiger partial charge in [0.15, 0.2) is 12.1 Å². The number of carbonyl (C=O) groups excluding carboxylic acids is 1. The Balaban J connectivity index is 1.24. The first-order valence-corrected chi connectivity index (χ1v) is 20.4. The third-order valence-electron chi connectivity index (χ3n) is 16.2. The van der Waals surface area contributed by atoms with E-state index in [0.717, 1.165) is 67.8 Å². The molecule has 4 fully saturated rings. The number of allylic oxidation sites excluding steroid dienone is 2. The second-order valence-electron chi connectivity index (χ2n) is 19.8. The number of aliphatic hydroxyl groups excluding tert-OH is 1. The number of hydrogen-bond acceptors (Lipinski definition) is 5. The molecule has 0 bridgehead atoms. The zero-order valence-electron chi connectivity index (χ0n) is 33.0. The summed E-state index contributed by atoms with van der Waals surface area (Å²) in [5.74, 6) is 1.17. The predicted molar refractivity (Wildman–Crippen MR) is 204 cm³/mol. The molecular formula is C44H66ClNO5. The summed E-state index contributed by atoms with van der Waals surface area (Å²) >= 11 is 6.47. The first-order valence-electron chi connectivity index (χ1n) is 20.0. The number of aliphatic carboxylic acids is 1. The van der Waals surface area contributed by atoms with Crippen molar-refractivity contribution in [3.05, 3.63) is 46.0 Å². The van der Waals surface area contributed by atoms with Crippen molar-refractivity contribution < 1.29 is 24.5 Å². The van der Waals surface area contributed by atoms with Crippen LogP contribution in [0.4, 0.5) is 0 Å². The Kier molecular flexibility index (Phi) is 10.3. The van der Waals surface area contributed by atoms with Crippen molar-refractivity contribution >= 4 is 23.4 Å². The number of fused-ring (bicyclic) bond motifs is 7. The smallest absolute Gasteiger partial charge is 0.309 e. The number of carboxylic acids is 1. The lowest BCUT2D eigenvalue weighted by Gasteiger charge is -2.72. The summed E-state index contributed by atoms with van der Waals surface area (Å²) < 4.78 is 6.37. The number of ether oxygens (including phenoxy) is 1. The fourth-order valence-electron chi connectivity index (χ4n) is 13.2. The lowest BCUT2D eigenvalue weighted by Crippen LogP contribution is -2.65. The monoisotopic (exact) mass is 723 g/mol. The molecule has 0 aromatic heterocycles. The molecule has 284 valence electrons. The Morgan fingerprint density at radius 1 is 0.980 bits per heavy atom. The van der Waals surface area contributed by atoms with Crippen LogP contribution in [0.1, 0.15) is 139 Å². The van der Waals surface area contributed by atoms with E-state index in [0.29, 0.717) is 30.0 Å². The molecule has 7 heteroatoms. The predicted octanol–water partition coefficient (Wildman–Crippen LogP) is 10.0. The van der Waals surface area contributed by atoms with Crippen LogP contribution in [0.3, 0.4) is 0 Å². The Bertz CT molecular complexity index is 1550. The standard InChI is InChI=1S/C44H66ClNO5/c1-27(2)36-31(47)24-44(22-23-46-26-28-12-10-11-13-30(28)45)21-20-42(8)29(37(36)44)14-15-33-41(7)18-17-34(51-35(48)25-39(3,4)38(49)50)40(5,6)32(41)16-19-43(33,42)9/h10-13,27,29,32-35,46,48H,14-26H2,1-9H3,(H,49,50)/t29-,32?,33-,34+,35?,41+,42-,43-,44-/m1/s1. The van der Waals surface area contributed by atoms with Crippen LogP contribution in [0.15, 0.2) is 35.4 Å². The van der Waals surface area contributed by atoms with Gasteiger partial charge >= 0.3 is 5.97 Å². The minimum atomic E-state index is -1.10. The van der Waals surface area contributed by atoms with E-state index in [-0.39, 0.29) is 45.5 Å². The van der Waals surface area contributed by atoms with Crippen LogP contribution in [0.25, 0.3) is 0 Å². The normalized spacial score (nSPS) is 38.2. The van der Waals surface area contributed by atoms with E-state index in [9.17, 15) is 19.8 Å². The molecule has 0 saturated heterocycles. The first kappa shape index (κ1) is 39.0. The lowest BCUT2D eigenvalue weighted by molar-refractivity contribution is -0.257. The van der Waals surface area contributed by atoms with E-state index in [2.05, 4.69) is 59.8 Å². The molecule has 0 radical (unpaired) electrons. The molecule has 6 nitrogen and oxygen atoms in total. The van der Waals surface area contributed by atoms with Crippen molar-refractivity contribution in [2.75, 3.05) is 6.54 Å². The van der Waals surface area contributed by atoms with Crippen molar-refractivity contribution in [3.63, 3.8) is 0 Å². The van der Waals surface area contributed by atoms with Gasteiger partial charge in [0.25, 0.3) is 0 Å². The second kappa shape index (κ2) is 13.5. The van der Waals surface area contributed by atoms with Crippen LogP contribution in [0.5, 0.6) is 0 Å². The van der Waals surface area contributed by atoms with E-state index in [1.807, 2.05) is 18.2 Å². The highest BCUT2D eigenvalue weighted by molar-refractivity contribution is 6.31. The number of nitrogens with one attached hydrogen (secondary N) is 1. The average molecular weight is 724 g/mol. The third-order valence-corrected chi connectivity index (χ3v) is 16.5. The number of aliphatic hydroxyl groups is 1. The van der Waals surface area contributed by atoms with Crippen LogP contribution >= 0.6 is 11.6 Å². The van der Waals surface area contributed by atoms with E-state index >= 15 is 0 Å². The van der Waals surface area contributed by atoms with Crippen molar-refractivity contribution in [3.8, 4) is 0 Å². The highest BCUT2D eigenvalue weighted by Crippen LogP contribution is 2.77. The minimum absolute atomic E-state index is 0.0495. The van der Waals surface area contributed by atoms with Crippen LogP contribution in [0, 0.1) is 56.2 Å². The average Bonchev–Trinajstić information content (AvgIpc) is 3.33. The molecule has 2 unspecified atom stereocenters. The van der Waals surface area contributed by atoms with Crippen molar-refractivity contribution in [2.45, 2.75) is 152 Å². The summed E-state index contributed by atoms with van der Waals surface area (Å²) in [6.07, 6.45) is 9.33. The van der Waals surface area contributed by atoms with Gasteiger partial charge in [-0.2, -0.15) is 0 Å². The largest absolute Gasteiger partial charge is 0.481 e. The molecule has 0 heterocycles. The molecule has 51 heavy (non-hydrogen) atoms. The summed E-state index contributed by atoms with van der Waals surface area (Å²) in [7, 11) is 0. The van der Waals surface area contributed by atoms with Gasteiger partial charge in [0, 0.05) is 29.8 Å². The summed E-state index contributed by atoms with van der Waals surface area (Å²) in [5.41, 5.74) is 2.99. The highest BCUT2D eigenvalue weighted by Gasteiger charge is 2.70. The van der Waals surface area contributed by atoms with Gasteiger partial charge in [-0.3, -0.25) is 9.59 Å². The summed E-state index contributed by atoms with van der Waals surface area (Å²) in [4.78, 5) is 25.8. The van der Waals surface area contributed by atoms with Crippen LogP contribution < -0.4 is 5.32 Å². The Morgan fingerprint density at radius 3 is 2.35 bits per heavy atom. The zero-order chi connectivity index (χ0) is 37.4. The number of Topliss-reactive ketones (excluding diaryl/α,β-unsaturated/α-hetero) is 1. The van der Waals surface area contributed by atoms with Gasteiger partial charge in [0.1, 0.15) is 0 Å². The van der Waals surface area contributed by atoms with Gasteiger partial charge < -0.3 is 20.3 Å². The molecule has 3 N–H and O–H groups in total. The van der Waals surface area contributed by atoms with Gasteiger partial charge in [0.05, 0.1) is 11.5 Å². The molecule has 9 atom stereocenters. The van der Waals surface area contributed by atoms with Crippen molar-refractivity contribution in [1.29, 1.82) is 0 Å². The number of carbonyl (C=O) groups is 2. The molecule has 1 aromatic rings. The van der Waals surface area contributed by atoms with Crippen LogP contribution in [-0.4, -0.2) is 40.9 Å². The molecular weight excluding hydrogens is 658 g/mol. The maximum atomic E-state index is 14.0. The molecule has 0 spiro atoms. The van der Waals surface area contributed by atoms with Crippen LogP contribution in [0.2, 0.25) is 5.02 Å². The summed E-state index contributed by atoms with van der Waals surface area (Å²) in [6.45, 7) is 21.9. The molecule has 5 aliphatic rings. The van der Waals surface area contributed by atoms with Crippen molar-refractivity contribution in [2.24, 2.45) is 56.2 Å². The maximum Gasteiger partial charge on any atom is 0.309 e. The number of ketones is 1. The fourth-order valence-corrected chi connectivity index (χ4v) is 13.4. The molecule has 0 amide bonds. The topological polar surface area (TPSA) is 95.9 Å². The molecule has 0 aliphatic heterocycles. The Hall–Kier alpha value is -1.73. The van der Waals surface area contributed by atoms with Gasteiger partial charge in [-0.05, 0) is 141 Å². The molecule has 1 aromatic carbocycles. The van der Waals surface area contributed by atoms with Crippen molar-refractivity contribution in [1.82, 2.24) is 5.32 Å². The molecule has 5 aliphatic carbocycles. The highest BCUT2D eigenvalue weighted by atomic mass is 35.5. The Labute approximate surface area is 312 Å². The maximum absolute atomic E-state index is 14.0. The Morgan fingerprint density at radius 2 is 1.69 bits per heavy atom. The zero-order valence-corrected chi connectivity index (χ0v) is 33.7. The number of hydrogen-bond donors (Lipinski definition) is 3. The first-order chi connectivity index (χ1) is 23.7. The quantitative estimate of drug-likeness (QED) is 0.155. The van der Waals surface area contributed by atoms with E-state index in [1.165, 1.54) is 19.3 Å². The molecule has 6 rings (SSSR count). The third kappa shape index (κ3) is 6.28. The number of halogens is 1. The van der Waals surface area contributed by atoms with Gasteiger partial charge in [-0.25, -0.2) is 0 Å². The SMILES string of the molecule is CC(C)C1=C2[C@H]3CC[C@@H]4[C@@]5(C)CC[C@H](OC(O)CC(C)(C)C(=O)O)C(C)(C)C5CC[C@@]4(C)[C@]3(C)CC[C@@]2(CCNCc2ccccc2Cl)CC1=O. The number of rotatable bonds is 11. The lowest BCUT2D eigenvalue weighted by atomic mass is 9.33. The van der Waals surface area contributed by atoms with Crippen LogP contribution in [-0.2, 0) is 20.9 Å². The summed E-state index contributed by atoms with van der Waals surface area (Å²) in [5, 5.41) is 25.1. The number of benzene rings is 1. The van der Waals surface area contributed by atoms with Gasteiger partial charge in [-0.15, -0.1) is 0 Å². The summed E-state index contributed by atoms with van der Waals surface area (Å²) in [6, 6.07) is 8.05.